The molecule has 0 aromatic carbocycles. The summed E-state index contributed by atoms with van der Waals surface area (Å²) >= 11 is 1.75. The molecule has 0 aromatic rings. The van der Waals surface area contributed by atoms with Crippen LogP contribution in [-0.4, -0.2) is 47.0 Å². The fourth-order valence-corrected chi connectivity index (χ4v) is 2.67. The van der Waals surface area contributed by atoms with Crippen LogP contribution in [0.1, 0.15) is 20.8 Å². The Balaban J connectivity index is 1.93. The van der Waals surface area contributed by atoms with Gasteiger partial charge in [0.1, 0.15) is 12.2 Å². The summed E-state index contributed by atoms with van der Waals surface area (Å²) in [6, 6.07) is 0. The molecule has 4 nitrogen and oxygen atoms in total. The van der Waals surface area contributed by atoms with Gasteiger partial charge in [-0.3, -0.25) is 0 Å². The van der Waals surface area contributed by atoms with Crippen LogP contribution in [0.15, 0.2) is 0 Å². The first-order valence-electron chi connectivity index (χ1n) is 5.30. The molecule has 0 saturated carbocycles. The van der Waals surface area contributed by atoms with Crippen LogP contribution in [0.3, 0.4) is 0 Å². The van der Waals surface area contributed by atoms with Crippen molar-refractivity contribution in [2.24, 2.45) is 0 Å². The molecule has 2 heterocycles. The van der Waals surface area contributed by atoms with Crippen molar-refractivity contribution in [1.29, 1.82) is 0 Å². The largest absolute Gasteiger partial charge is 0.387 e. The Hall–Kier alpha value is 0.190. The van der Waals surface area contributed by atoms with Crippen LogP contribution in [0.2, 0.25) is 0 Å². The lowest BCUT2D eigenvalue weighted by Gasteiger charge is -2.22. The van der Waals surface area contributed by atoms with Crippen LogP contribution >= 0.6 is 11.8 Å². The van der Waals surface area contributed by atoms with E-state index in [1.54, 1.807) is 11.8 Å². The molecule has 2 aliphatic heterocycles. The number of hydrogen-bond acceptors (Lipinski definition) is 5. The number of hydrogen-bond donors (Lipinski definition) is 1. The van der Waals surface area contributed by atoms with Crippen molar-refractivity contribution in [3.63, 3.8) is 0 Å². The first kappa shape index (κ1) is 11.7. The second kappa shape index (κ2) is 4.22. The van der Waals surface area contributed by atoms with Crippen molar-refractivity contribution < 1.29 is 19.3 Å². The molecule has 88 valence electrons. The van der Waals surface area contributed by atoms with Gasteiger partial charge in [-0.15, -0.1) is 0 Å². The van der Waals surface area contributed by atoms with Crippen LogP contribution in [0.4, 0.5) is 0 Å². The zero-order chi connectivity index (χ0) is 11.1. The van der Waals surface area contributed by atoms with Crippen LogP contribution in [0, 0.1) is 0 Å². The fourth-order valence-electron chi connectivity index (χ4n) is 1.93. The van der Waals surface area contributed by atoms with E-state index in [9.17, 15) is 5.11 Å². The molecule has 2 aliphatic rings. The lowest BCUT2D eigenvalue weighted by molar-refractivity contribution is -0.211. The Morgan fingerprint density at radius 2 is 2.07 bits per heavy atom. The van der Waals surface area contributed by atoms with E-state index in [1.165, 1.54) is 0 Å². The van der Waals surface area contributed by atoms with Gasteiger partial charge in [0.05, 0.1) is 6.10 Å². The minimum absolute atomic E-state index is 0.166. The molecule has 0 aromatic heterocycles. The Morgan fingerprint density at radius 1 is 1.33 bits per heavy atom. The molecule has 0 bridgehead atoms. The van der Waals surface area contributed by atoms with E-state index >= 15 is 0 Å². The van der Waals surface area contributed by atoms with Crippen LogP contribution in [0.25, 0.3) is 0 Å². The Kier molecular flexibility index (Phi) is 3.28. The molecule has 0 aliphatic carbocycles. The lowest BCUT2D eigenvalue weighted by Crippen LogP contribution is -2.35. The molecule has 4 atom stereocenters. The van der Waals surface area contributed by atoms with E-state index in [0.717, 1.165) is 11.5 Å². The highest BCUT2D eigenvalue weighted by atomic mass is 32.2. The van der Waals surface area contributed by atoms with E-state index in [4.69, 9.17) is 14.2 Å². The summed E-state index contributed by atoms with van der Waals surface area (Å²) < 4.78 is 16.7. The average Bonchev–Trinajstić information content (AvgIpc) is 2.58. The lowest BCUT2D eigenvalue weighted by atomic mass is 10.1. The third-order valence-corrected chi connectivity index (χ3v) is 3.57. The quantitative estimate of drug-likeness (QED) is 0.788. The Morgan fingerprint density at radius 3 is 2.67 bits per heavy atom. The molecule has 4 unspecified atom stereocenters. The third kappa shape index (κ3) is 2.31. The topological polar surface area (TPSA) is 47.9 Å². The van der Waals surface area contributed by atoms with Gasteiger partial charge in [0.25, 0.3) is 0 Å². The van der Waals surface area contributed by atoms with Crippen LogP contribution in [0.5, 0.6) is 0 Å². The van der Waals surface area contributed by atoms with Gasteiger partial charge >= 0.3 is 0 Å². The maximum absolute atomic E-state index is 9.97. The predicted molar refractivity (Wildman–Crippen MR) is 57.7 cm³/mol. The van der Waals surface area contributed by atoms with Gasteiger partial charge in [-0.2, -0.15) is 11.8 Å². The highest BCUT2D eigenvalue weighted by molar-refractivity contribution is 7.99. The minimum Gasteiger partial charge on any atom is -0.387 e. The van der Waals surface area contributed by atoms with Crippen LogP contribution in [-0.2, 0) is 14.2 Å². The molecular weight excluding hydrogens is 216 g/mol. The number of fused-ring (bicyclic) bond motifs is 1. The molecule has 2 rings (SSSR count). The number of aliphatic hydroxyl groups excluding tert-OH is 1. The molecule has 0 spiro atoms. The highest BCUT2D eigenvalue weighted by Gasteiger charge is 2.53. The second-order valence-corrected chi connectivity index (χ2v) is 5.61. The van der Waals surface area contributed by atoms with Crippen molar-refractivity contribution in [2.45, 2.75) is 51.2 Å². The van der Waals surface area contributed by atoms with Crippen molar-refractivity contribution in [3.8, 4) is 0 Å². The molecule has 0 radical (unpaired) electrons. The summed E-state index contributed by atoms with van der Waals surface area (Å²) in [5.74, 6) is 1.17. The van der Waals surface area contributed by atoms with Gasteiger partial charge in [0.15, 0.2) is 12.1 Å². The zero-order valence-corrected chi connectivity index (χ0v) is 10.1. The first-order chi connectivity index (χ1) is 7.03. The molecule has 1 N–H and O–H groups in total. The van der Waals surface area contributed by atoms with E-state index in [0.29, 0.717) is 0 Å². The number of ether oxygens (including phenoxy) is 3. The molecule has 2 fully saturated rings. The van der Waals surface area contributed by atoms with Gasteiger partial charge in [0, 0.05) is 5.75 Å². The predicted octanol–water partition coefficient (Wildman–Crippen LogP) is 0.977. The number of aliphatic hydroxyl groups is 1. The van der Waals surface area contributed by atoms with Crippen molar-refractivity contribution in [1.82, 2.24) is 0 Å². The molecule has 0 amide bonds. The monoisotopic (exact) mass is 234 g/mol. The van der Waals surface area contributed by atoms with Crippen molar-refractivity contribution in [3.05, 3.63) is 0 Å². The summed E-state index contributed by atoms with van der Waals surface area (Å²) in [7, 11) is 0. The first-order valence-corrected chi connectivity index (χ1v) is 6.46. The molecule has 5 heteroatoms. The molecule has 15 heavy (non-hydrogen) atoms. The van der Waals surface area contributed by atoms with Crippen molar-refractivity contribution >= 4 is 11.8 Å². The maximum atomic E-state index is 9.97. The van der Waals surface area contributed by atoms with E-state index in [2.05, 4.69) is 6.92 Å². The second-order valence-electron chi connectivity index (χ2n) is 4.29. The highest BCUT2D eigenvalue weighted by Crippen LogP contribution is 2.37. The number of rotatable bonds is 3. The summed E-state index contributed by atoms with van der Waals surface area (Å²) in [4.78, 5) is 0. The van der Waals surface area contributed by atoms with Crippen LogP contribution < -0.4 is 0 Å². The van der Waals surface area contributed by atoms with E-state index in [1.807, 2.05) is 13.8 Å². The standard InChI is InChI=1S/C10H18O4S/c1-4-15-5-6-7(11)8-9(12-6)14-10(2,3)13-8/h6-9,11H,4-5H2,1-3H3. The van der Waals surface area contributed by atoms with E-state index in [-0.39, 0.29) is 12.2 Å². The van der Waals surface area contributed by atoms with Gasteiger partial charge in [0.2, 0.25) is 0 Å². The Bertz CT molecular complexity index is 233. The molecular formula is C10H18O4S. The smallest absolute Gasteiger partial charge is 0.190 e. The SMILES string of the molecule is CCSCC1OC2OC(C)(C)OC2C1O. The average molecular weight is 234 g/mol. The maximum Gasteiger partial charge on any atom is 0.190 e. The summed E-state index contributed by atoms with van der Waals surface area (Å²) in [6.45, 7) is 5.75. The molecule has 2 saturated heterocycles. The Labute approximate surface area is 94.3 Å². The number of thioether (sulfide) groups is 1. The van der Waals surface area contributed by atoms with E-state index < -0.39 is 18.2 Å². The minimum atomic E-state index is -0.640. The van der Waals surface area contributed by atoms with Gasteiger partial charge in [-0.05, 0) is 19.6 Å². The van der Waals surface area contributed by atoms with Gasteiger partial charge in [-0.1, -0.05) is 6.92 Å². The van der Waals surface area contributed by atoms with Gasteiger partial charge < -0.3 is 19.3 Å². The third-order valence-electron chi connectivity index (χ3n) is 2.60. The normalized spacial score (nSPS) is 43.2. The zero-order valence-electron chi connectivity index (χ0n) is 9.30. The summed E-state index contributed by atoms with van der Waals surface area (Å²) in [6.07, 6.45) is -1.48. The summed E-state index contributed by atoms with van der Waals surface area (Å²) in [5.41, 5.74) is 0. The summed E-state index contributed by atoms with van der Waals surface area (Å²) in [5, 5.41) is 9.97. The fraction of sp³-hybridized carbons (Fsp3) is 1.00. The van der Waals surface area contributed by atoms with Crippen molar-refractivity contribution in [2.75, 3.05) is 11.5 Å². The van der Waals surface area contributed by atoms with Gasteiger partial charge in [-0.25, -0.2) is 0 Å².